The van der Waals surface area contributed by atoms with Gasteiger partial charge in [0.15, 0.2) is 5.69 Å². The summed E-state index contributed by atoms with van der Waals surface area (Å²) in [5.74, 6) is -2.51. The van der Waals surface area contributed by atoms with E-state index in [1.54, 1.807) is 0 Å². The monoisotopic (exact) mass is 481 g/mol. The fourth-order valence-electron chi connectivity index (χ4n) is 4.96. The van der Waals surface area contributed by atoms with Crippen LogP contribution < -0.4 is 16.2 Å². The quantitative estimate of drug-likeness (QED) is 0.548. The molecule has 3 heterocycles. The van der Waals surface area contributed by atoms with E-state index in [1.165, 1.54) is 23.6 Å². The van der Waals surface area contributed by atoms with E-state index in [-0.39, 0.29) is 29.9 Å². The molecule has 1 aliphatic carbocycles. The van der Waals surface area contributed by atoms with Crippen LogP contribution in [0, 0.1) is 5.92 Å². The third kappa shape index (κ3) is 4.65. The number of carbonyl (C=O) groups excluding carboxylic acids is 3. The van der Waals surface area contributed by atoms with Crippen LogP contribution in [-0.4, -0.2) is 57.9 Å². The van der Waals surface area contributed by atoms with E-state index in [1.807, 2.05) is 37.3 Å². The van der Waals surface area contributed by atoms with Gasteiger partial charge in [0.25, 0.3) is 11.5 Å². The molecule has 5 rings (SSSR count). The molecule has 0 spiro atoms. The van der Waals surface area contributed by atoms with Crippen LogP contribution in [0.25, 0.3) is 0 Å². The molecule has 1 aromatic carbocycles. The Hall–Kier alpha value is -3.69. The number of aromatic nitrogens is 2. The lowest BCUT2D eigenvalue weighted by Crippen LogP contribution is -2.53. The number of carbonyl (C=O) groups is 3. The predicted octanol–water partition coefficient (Wildman–Crippen LogP) is 1.09. The van der Waals surface area contributed by atoms with Crippen LogP contribution in [0.15, 0.2) is 35.1 Å². The van der Waals surface area contributed by atoms with E-state index in [0.717, 1.165) is 18.4 Å². The van der Waals surface area contributed by atoms with Crippen LogP contribution in [0.3, 0.4) is 0 Å². The molecular formula is C25H31N5O5. The molecule has 10 nitrogen and oxygen atoms in total. The molecule has 2 aliphatic heterocycles. The van der Waals surface area contributed by atoms with Crippen LogP contribution in [0.4, 0.5) is 0 Å². The Labute approximate surface area is 203 Å². The number of likely N-dealkylation sites (N-methyl/N-ethyl adjacent to an activating group) is 1. The molecule has 1 aromatic heterocycles. The van der Waals surface area contributed by atoms with Crippen molar-refractivity contribution in [1.82, 2.24) is 25.1 Å². The van der Waals surface area contributed by atoms with Crippen LogP contribution in [0.2, 0.25) is 0 Å². The van der Waals surface area contributed by atoms with Crippen molar-refractivity contribution in [2.75, 3.05) is 20.6 Å². The highest BCUT2D eigenvalue weighted by atomic mass is 16.3. The van der Waals surface area contributed by atoms with Gasteiger partial charge in [-0.15, -0.1) is 0 Å². The summed E-state index contributed by atoms with van der Waals surface area (Å²) in [4.78, 5) is 56.8. The Balaban J connectivity index is 1.67. The minimum atomic E-state index is -1.07. The molecule has 0 saturated heterocycles. The molecule has 3 amide bonds. The molecule has 2 aromatic rings. The summed E-state index contributed by atoms with van der Waals surface area (Å²) < 4.78 is 1.35. The van der Waals surface area contributed by atoms with E-state index in [2.05, 4.69) is 15.6 Å². The molecule has 10 heteroatoms. The molecule has 1 saturated carbocycles. The van der Waals surface area contributed by atoms with Crippen LogP contribution in [0.1, 0.15) is 60.4 Å². The van der Waals surface area contributed by atoms with Gasteiger partial charge in [-0.05, 0) is 43.1 Å². The van der Waals surface area contributed by atoms with Crippen molar-refractivity contribution in [3.05, 3.63) is 57.8 Å². The largest absolute Gasteiger partial charge is 0.501 e. The fraction of sp³-hybridized carbons (Fsp3) is 0.480. The van der Waals surface area contributed by atoms with E-state index in [4.69, 9.17) is 0 Å². The predicted molar refractivity (Wildman–Crippen MR) is 128 cm³/mol. The maximum atomic E-state index is 13.1. The molecule has 3 N–H and O–H groups in total. The van der Waals surface area contributed by atoms with Gasteiger partial charge in [-0.3, -0.25) is 23.7 Å². The summed E-state index contributed by atoms with van der Waals surface area (Å²) in [6.07, 6.45) is 2.40. The van der Waals surface area contributed by atoms with Gasteiger partial charge in [0, 0.05) is 27.2 Å². The van der Waals surface area contributed by atoms with Gasteiger partial charge in [-0.1, -0.05) is 37.3 Å². The second kappa shape index (κ2) is 9.52. The number of aromatic hydroxyl groups is 1. The van der Waals surface area contributed by atoms with Gasteiger partial charge in [-0.2, -0.15) is 0 Å². The Morgan fingerprint density at radius 2 is 1.86 bits per heavy atom. The standard InChI is InChI=1S/C25H31N5O5/c1-15(17-7-5-4-6-8-17)13-26-20(32)18-19(31)22(34)30-14-16-9-11-25(12-10-16,24(30)27-18)28-21(33)23(35)29(2)3/h4-8,15-16,31H,9-14H2,1-3H3,(H,26,32)(H,28,33)/t15-,16?,25?/m0/s1. The Morgan fingerprint density at radius 3 is 2.49 bits per heavy atom. The molecule has 3 aliphatic rings. The first-order chi connectivity index (χ1) is 16.6. The maximum absolute atomic E-state index is 13.1. The van der Waals surface area contributed by atoms with Crippen molar-refractivity contribution in [2.24, 2.45) is 5.92 Å². The second-order valence-electron chi connectivity index (χ2n) is 9.75. The lowest BCUT2D eigenvalue weighted by Gasteiger charge is -2.37. The summed E-state index contributed by atoms with van der Waals surface area (Å²) in [6, 6.07) is 9.66. The lowest BCUT2D eigenvalue weighted by molar-refractivity contribution is -0.145. The summed E-state index contributed by atoms with van der Waals surface area (Å²) in [7, 11) is 2.97. The van der Waals surface area contributed by atoms with Crippen LogP contribution >= 0.6 is 0 Å². The van der Waals surface area contributed by atoms with Gasteiger partial charge in [0.1, 0.15) is 5.82 Å². The maximum Gasteiger partial charge on any atom is 0.311 e. The smallest absolute Gasteiger partial charge is 0.311 e. The number of rotatable bonds is 5. The van der Waals surface area contributed by atoms with E-state index < -0.39 is 34.6 Å². The van der Waals surface area contributed by atoms with Gasteiger partial charge < -0.3 is 20.6 Å². The van der Waals surface area contributed by atoms with Crippen LogP contribution in [0.5, 0.6) is 5.75 Å². The van der Waals surface area contributed by atoms with Gasteiger partial charge in [-0.25, -0.2) is 4.98 Å². The van der Waals surface area contributed by atoms with Crippen molar-refractivity contribution in [3.63, 3.8) is 0 Å². The highest BCUT2D eigenvalue weighted by Crippen LogP contribution is 2.42. The van der Waals surface area contributed by atoms with Crippen LogP contribution in [-0.2, 0) is 21.7 Å². The zero-order chi connectivity index (χ0) is 25.3. The topological polar surface area (TPSA) is 134 Å². The van der Waals surface area contributed by atoms with E-state index in [9.17, 15) is 24.3 Å². The zero-order valence-corrected chi connectivity index (χ0v) is 20.2. The minimum Gasteiger partial charge on any atom is -0.501 e. The first-order valence-corrected chi connectivity index (χ1v) is 11.8. The summed E-state index contributed by atoms with van der Waals surface area (Å²) in [6.45, 7) is 2.57. The minimum absolute atomic E-state index is 0.00230. The molecule has 1 atom stereocenters. The van der Waals surface area contributed by atoms with Crippen molar-refractivity contribution >= 4 is 17.7 Å². The second-order valence-corrected chi connectivity index (χ2v) is 9.75. The van der Waals surface area contributed by atoms with Gasteiger partial charge in [0.2, 0.25) is 5.75 Å². The van der Waals surface area contributed by atoms with Crippen molar-refractivity contribution in [1.29, 1.82) is 0 Å². The number of amides is 3. The van der Waals surface area contributed by atoms with E-state index in [0.29, 0.717) is 19.4 Å². The average molecular weight is 482 g/mol. The number of nitrogens with zero attached hydrogens (tertiary/aromatic N) is 3. The van der Waals surface area contributed by atoms with Crippen molar-refractivity contribution < 1.29 is 19.5 Å². The normalized spacial score (nSPS) is 21.4. The third-order valence-corrected chi connectivity index (χ3v) is 7.08. The Bertz CT molecular complexity index is 1200. The number of fused-ring (bicyclic) bond motifs is 2. The third-order valence-electron chi connectivity index (χ3n) is 7.08. The molecule has 0 unspecified atom stereocenters. The number of benzene rings is 1. The molecule has 0 radical (unpaired) electrons. The van der Waals surface area contributed by atoms with Gasteiger partial charge >= 0.3 is 11.8 Å². The Morgan fingerprint density at radius 1 is 1.20 bits per heavy atom. The molecule has 35 heavy (non-hydrogen) atoms. The van der Waals surface area contributed by atoms with Crippen molar-refractivity contribution in [3.8, 4) is 5.75 Å². The Kier molecular flexibility index (Phi) is 6.64. The molecular weight excluding hydrogens is 450 g/mol. The number of hydrogen-bond acceptors (Lipinski definition) is 6. The average Bonchev–Trinajstić information content (AvgIpc) is 3.10. The fourth-order valence-corrected chi connectivity index (χ4v) is 4.96. The first kappa shape index (κ1) is 24.4. The molecule has 186 valence electrons. The first-order valence-electron chi connectivity index (χ1n) is 11.8. The number of hydrogen-bond donors (Lipinski definition) is 3. The highest BCUT2D eigenvalue weighted by molar-refractivity contribution is 6.35. The summed E-state index contributed by atoms with van der Waals surface area (Å²) >= 11 is 0. The lowest BCUT2D eigenvalue weighted by atomic mass is 9.77. The molecule has 1 fully saturated rings. The SMILES string of the molecule is C[C@@H](CNC(=O)c1nc2n(c(=O)c1O)CC1CCC2(NC(=O)C(=O)N(C)C)CC1)c1ccccc1. The van der Waals surface area contributed by atoms with Crippen molar-refractivity contribution in [2.45, 2.75) is 50.6 Å². The molecule has 2 bridgehead atoms. The summed E-state index contributed by atoms with van der Waals surface area (Å²) in [5.41, 5.74) is -1.13. The van der Waals surface area contributed by atoms with Gasteiger partial charge in [0.05, 0.1) is 5.54 Å². The highest BCUT2D eigenvalue weighted by Gasteiger charge is 2.46. The summed E-state index contributed by atoms with van der Waals surface area (Å²) in [5, 5.41) is 16.2. The van der Waals surface area contributed by atoms with E-state index >= 15 is 0 Å². The zero-order valence-electron chi connectivity index (χ0n) is 20.2. The number of nitrogens with one attached hydrogen (secondary N) is 2.